The van der Waals surface area contributed by atoms with Gasteiger partial charge in [-0.05, 0) is 30.7 Å². The van der Waals surface area contributed by atoms with Gasteiger partial charge >= 0.3 is 0 Å². The molecule has 1 amide bonds. The first-order chi connectivity index (χ1) is 8.68. The first-order valence-corrected chi connectivity index (χ1v) is 7.42. The highest BCUT2D eigenvalue weighted by atomic mass is 32.1. The quantitative estimate of drug-likeness (QED) is 0.768. The maximum absolute atomic E-state index is 11.9. The molecule has 1 aromatic rings. The Labute approximate surface area is 112 Å². The lowest BCUT2D eigenvalue weighted by atomic mass is 9.99. The van der Waals surface area contributed by atoms with E-state index in [1.807, 2.05) is 29.3 Å². The number of hydrogen-bond donors (Lipinski definition) is 0. The summed E-state index contributed by atoms with van der Waals surface area (Å²) in [6.45, 7) is 3.57. The largest absolute Gasteiger partial charge is 0.342 e. The van der Waals surface area contributed by atoms with E-state index in [1.54, 1.807) is 0 Å². The molecule has 0 aliphatic carbocycles. The lowest BCUT2D eigenvalue weighted by Crippen LogP contribution is -2.40. The number of piperidine rings is 1. The second-order valence-corrected chi connectivity index (χ2v) is 5.82. The first-order valence-electron chi connectivity index (χ1n) is 6.54. The monoisotopic (exact) mass is 265 g/mol. The van der Waals surface area contributed by atoms with Gasteiger partial charge in [0.15, 0.2) is 5.78 Å². The number of thiophene rings is 1. The number of hydrogen-bond acceptors (Lipinski definition) is 3. The van der Waals surface area contributed by atoms with Crippen LogP contribution in [0.25, 0.3) is 0 Å². The maximum Gasteiger partial charge on any atom is 0.225 e. The lowest BCUT2D eigenvalue weighted by Gasteiger charge is -2.30. The molecule has 1 atom stereocenters. The van der Waals surface area contributed by atoms with Gasteiger partial charge in [-0.2, -0.15) is 0 Å². The molecule has 1 unspecified atom stereocenters. The van der Waals surface area contributed by atoms with E-state index in [2.05, 4.69) is 0 Å². The summed E-state index contributed by atoms with van der Waals surface area (Å²) in [4.78, 5) is 26.4. The van der Waals surface area contributed by atoms with Gasteiger partial charge in [0.05, 0.1) is 4.88 Å². The highest BCUT2D eigenvalue weighted by molar-refractivity contribution is 7.12. The van der Waals surface area contributed by atoms with E-state index >= 15 is 0 Å². The Morgan fingerprint density at radius 2 is 2.39 bits per heavy atom. The van der Waals surface area contributed by atoms with Gasteiger partial charge in [-0.25, -0.2) is 0 Å². The summed E-state index contributed by atoms with van der Waals surface area (Å²) in [6, 6.07) is 3.76. The number of rotatable bonds is 5. The van der Waals surface area contributed by atoms with Crippen LogP contribution in [-0.2, 0) is 4.79 Å². The molecular weight excluding hydrogens is 246 g/mol. The summed E-state index contributed by atoms with van der Waals surface area (Å²) in [5.41, 5.74) is 0. The molecule has 2 rings (SSSR count). The molecule has 98 valence electrons. The van der Waals surface area contributed by atoms with Gasteiger partial charge in [0, 0.05) is 25.4 Å². The predicted octanol–water partition coefficient (Wildman–Crippen LogP) is 2.97. The van der Waals surface area contributed by atoms with Crippen LogP contribution in [0.5, 0.6) is 0 Å². The predicted molar refractivity (Wildman–Crippen MR) is 72.9 cm³/mol. The molecular formula is C14H19NO2S. The van der Waals surface area contributed by atoms with Crippen LogP contribution >= 0.6 is 11.3 Å². The third-order valence-electron chi connectivity index (χ3n) is 3.43. The summed E-state index contributed by atoms with van der Waals surface area (Å²) >= 11 is 1.49. The summed E-state index contributed by atoms with van der Waals surface area (Å²) in [5.74, 6) is 0.610. The summed E-state index contributed by atoms with van der Waals surface area (Å²) in [6.07, 6.45) is 3.41. The van der Waals surface area contributed by atoms with Gasteiger partial charge in [-0.1, -0.05) is 13.0 Å². The minimum atomic E-state index is 0.159. The number of ketones is 1. The molecule has 1 aliphatic heterocycles. The van der Waals surface area contributed by atoms with Gasteiger partial charge in [0.25, 0.3) is 0 Å². The molecule has 1 aliphatic rings. The second kappa shape index (κ2) is 6.14. The molecule has 0 radical (unpaired) electrons. The normalized spacial score (nSPS) is 20.2. The molecule has 1 saturated heterocycles. The van der Waals surface area contributed by atoms with Crippen molar-refractivity contribution in [3.05, 3.63) is 22.4 Å². The van der Waals surface area contributed by atoms with Crippen molar-refractivity contribution in [3.63, 3.8) is 0 Å². The molecule has 0 aromatic carbocycles. The fourth-order valence-corrected chi connectivity index (χ4v) is 3.04. The Morgan fingerprint density at radius 3 is 3.11 bits per heavy atom. The zero-order valence-corrected chi connectivity index (χ0v) is 11.5. The minimum Gasteiger partial charge on any atom is -0.342 e. The smallest absolute Gasteiger partial charge is 0.225 e. The van der Waals surface area contributed by atoms with Crippen LogP contribution in [-0.4, -0.2) is 29.7 Å². The van der Waals surface area contributed by atoms with E-state index in [0.29, 0.717) is 6.42 Å². The molecule has 3 nitrogen and oxygen atoms in total. The van der Waals surface area contributed by atoms with E-state index < -0.39 is 0 Å². The Hall–Kier alpha value is -1.16. The van der Waals surface area contributed by atoms with Gasteiger partial charge < -0.3 is 4.90 Å². The molecule has 0 saturated carbocycles. The average molecular weight is 265 g/mol. The molecule has 18 heavy (non-hydrogen) atoms. The minimum absolute atomic E-state index is 0.159. The first kappa shape index (κ1) is 13.3. The number of likely N-dealkylation sites (tertiary alicyclic amines) is 1. The van der Waals surface area contributed by atoms with Crippen LogP contribution in [0.3, 0.4) is 0 Å². The fraction of sp³-hybridized carbons (Fsp3) is 0.571. The van der Waals surface area contributed by atoms with E-state index in [4.69, 9.17) is 0 Å². The van der Waals surface area contributed by atoms with E-state index in [9.17, 15) is 9.59 Å². The topological polar surface area (TPSA) is 37.4 Å². The Balaban J connectivity index is 1.75. The van der Waals surface area contributed by atoms with Gasteiger partial charge in [0.1, 0.15) is 0 Å². The van der Waals surface area contributed by atoms with E-state index in [1.165, 1.54) is 11.3 Å². The van der Waals surface area contributed by atoms with Crippen molar-refractivity contribution in [2.45, 2.75) is 32.6 Å². The SMILES string of the molecule is CC1CCCN(CCCC(=O)c2cccs2)C1=O. The van der Waals surface area contributed by atoms with Crippen LogP contribution in [0.4, 0.5) is 0 Å². The van der Waals surface area contributed by atoms with Crippen LogP contribution < -0.4 is 0 Å². The van der Waals surface area contributed by atoms with Crippen LogP contribution in [0, 0.1) is 5.92 Å². The molecule has 0 N–H and O–H groups in total. The zero-order chi connectivity index (χ0) is 13.0. The molecule has 0 spiro atoms. The number of nitrogens with zero attached hydrogens (tertiary/aromatic N) is 1. The fourth-order valence-electron chi connectivity index (χ4n) is 2.35. The molecule has 2 heterocycles. The van der Waals surface area contributed by atoms with E-state index in [0.717, 1.165) is 37.2 Å². The average Bonchev–Trinajstić information content (AvgIpc) is 2.88. The van der Waals surface area contributed by atoms with Crippen LogP contribution in [0.15, 0.2) is 17.5 Å². The van der Waals surface area contributed by atoms with Crippen molar-refractivity contribution >= 4 is 23.0 Å². The van der Waals surface area contributed by atoms with E-state index in [-0.39, 0.29) is 17.6 Å². The van der Waals surface area contributed by atoms with Gasteiger partial charge in [-0.15, -0.1) is 11.3 Å². The van der Waals surface area contributed by atoms with Crippen molar-refractivity contribution in [2.24, 2.45) is 5.92 Å². The second-order valence-electron chi connectivity index (χ2n) is 4.87. The Morgan fingerprint density at radius 1 is 1.56 bits per heavy atom. The van der Waals surface area contributed by atoms with Crippen LogP contribution in [0.2, 0.25) is 0 Å². The van der Waals surface area contributed by atoms with Crippen molar-refractivity contribution in [1.82, 2.24) is 4.90 Å². The van der Waals surface area contributed by atoms with Crippen LogP contribution in [0.1, 0.15) is 42.3 Å². The highest BCUT2D eigenvalue weighted by Gasteiger charge is 2.24. The molecule has 1 fully saturated rings. The van der Waals surface area contributed by atoms with Crippen molar-refractivity contribution in [3.8, 4) is 0 Å². The van der Waals surface area contributed by atoms with Crippen molar-refractivity contribution in [1.29, 1.82) is 0 Å². The Bertz CT molecular complexity index is 413. The van der Waals surface area contributed by atoms with Crippen molar-refractivity contribution < 1.29 is 9.59 Å². The van der Waals surface area contributed by atoms with Crippen molar-refractivity contribution in [2.75, 3.05) is 13.1 Å². The highest BCUT2D eigenvalue weighted by Crippen LogP contribution is 2.18. The molecule has 0 bridgehead atoms. The molecule has 4 heteroatoms. The lowest BCUT2D eigenvalue weighted by molar-refractivity contribution is -0.137. The summed E-state index contributed by atoms with van der Waals surface area (Å²) in [7, 11) is 0. The molecule has 1 aromatic heterocycles. The number of Topliss-reactive ketones (excluding diaryl/α,β-unsaturated/α-hetero) is 1. The van der Waals surface area contributed by atoms with Gasteiger partial charge in [0.2, 0.25) is 5.91 Å². The number of carbonyl (C=O) groups excluding carboxylic acids is 2. The third kappa shape index (κ3) is 3.19. The standard InChI is InChI=1S/C14H19NO2S/c1-11-5-2-8-15(14(11)17)9-3-6-12(16)13-7-4-10-18-13/h4,7,10-11H,2-3,5-6,8-9H2,1H3. The summed E-state index contributed by atoms with van der Waals surface area (Å²) < 4.78 is 0. The van der Waals surface area contributed by atoms with Gasteiger partial charge in [-0.3, -0.25) is 9.59 Å². The zero-order valence-electron chi connectivity index (χ0n) is 10.7. The third-order valence-corrected chi connectivity index (χ3v) is 4.34. The number of carbonyl (C=O) groups is 2. The maximum atomic E-state index is 11.9. The summed E-state index contributed by atoms with van der Waals surface area (Å²) in [5, 5.41) is 1.92. The Kier molecular flexibility index (Phi) is 4.53. The number of amides is 1.